The summed E-state index contributed by atoms with van der Waals surface area (Å²) in [7, 11) is 0. The topological polar surface area (TPSA) is 78.4 Å². The lowest BCUT2D eigenvalue weighted by Crippen LogP contribution is -2.52. The Morgan fingerprint density at radius 2 is 1.68 bits per heavy atom. The number of likely N-dealkylation sites (tertiary alicyclic amines) is 1. The molecule has 5 rings (SSSR count). The number of piperidine rings is 1. The van der Waals surface area contributed by atoms with E-state index in [-0.39, 0.29) is 23.3 Å². The van der Waals surface area contributed by atoms with Crippen molar-refractivity contribution in [2.45, 2.75) is 18.8 Å². The number of nitrogens with one attached hydrogen (secondary N) is 1. The molecule has 0 bridgehead atoms. The third-order valence-corrected chi connectivity index (χ3v) is 6.72. The number of hydrogen-bond donors (Lipinski definition) is 1. The number of rotatable bonds is 5. The summed E-state index contributed by atoms with van der Waals surface area (Å²) in [6.45, 7) is 2.53. The standard InChI is InChI=1S/C26H26FN5O2/c27-24-4-2-1-3-23(24)26(34)31-13-10-19(11-14-31)18-5-7-21(8-6-18)30-25(33)20-16-32(17-20)22-9-12-28-29-15-22/h1-9,12,15,19-20H,10-11,13-14,16-17H2,(H,30,33). The molecule has 2 amide bonds. The van der Waals surface area contributed by atoms with Crippen molar-refractivity contribution < 1.29 is 14.0 Å². The van der Waals surface area contributed by atoms with Crippen molar-refractivity contribution in [3.05, 3.63) is 83.9 Å². The SMILES string of the molecule is O=C(Nc1ccc(C2CCN(C(=O)c3ccccc3F)CC2)cc1)C1CN(c2ccnnc2)C1. The van der Waals surface area contributed by atoms with Crippen molar-refractivity contribution in [3.63, 3.8) is 0 Å². The molecule has 1 aromatic heterocycles. The van der Waals surface area contributed by atoms with Crippen LogP contribution in [-0.4, -0.2) is 53.1 Å². The van der Waals surface area contributed by atoms with E-state index in [4.69, 9.17) is 0 Å². The minimum Gasteiger partial charge on any atom is -0.368 e. The van der Waals surface area contributed by atoms with E-state index in [2.05, 4.69) is 20.4 Å². The molecule has 0 spiro atoms. The molecule has 0 unspecified atom stereocenters. The lowest BCUT2D eigenvalue weighted by Gasteiger charge is -2.39. The number of anilines is 2. The van der Waals surface area contributed by atoms with Gasteiger partial charge in [0.15, 0.2) is 0 Å². The van der Waals surface area contributed by atoms with E-state index in [1.807, 2.05) is 30.3 Å². The summed E-state index contributed by atoms with van der Waals surface area (Å²) < 4.78 is 14.0. The highest BCUT2D eigenvalue weighted by Gasteiger charge is 2.33. The average Bonchev–Trinajstić information content (AvgIpc) is 2.84. The van der Waals surface area contributed by atoms with Crippen LogP contribution in [0.4, 0.5) is 15.8 Å². The van der Waals surface area contributed by atoms with Crippen LogP contribution in [0.25, 0.3) is 0 Å². The Hall–Kier alpha value is -3.81. The van der Waals surface area contributed by atoms with Crippen molar-refractivity contribution in [1.82, 2.24) is 15.1 Å². The summed E-state index contributed by atoms with van der Waals surface area (Å²) in [6.07, 6.45) is 5.00. The largest absolute Gasteiger partial charge is 0.368 e. The zero-order chi connectivity index (χ0) is 23.5. The number of amides is 2. The second-order valence-electron chi connectivity index (χ2n) is 8.86. The highest BCUT2D eigenvalue weighted by molar-refractivity contribution is 5.95. The molecule has 1 N–H and O–H groups in total. The molecule has 2 fully saturated rings. The van der Waals surface area contributed by atoms with Gasteiger partial charge in [0.2, 0.25) is 5.91 Å². The number of carbonyl (C=O) groups is 2. The van der Waals surface area contributed by atoms with Gasteiger partial charge in [-0.3, -0.25) is 9.59 Å². The van der Waals surface area contributed by atoms with Crippen LogP contribution in [0.15, 0.2) is 67.0 Å². The Morgan fingerprint density at radius 3 is 2.35 bits per heavy atom. The van der Waals surface area contributed by atoms with Crippen LogP contribution >= 0.6 is 0 Å². The summed E-state index contributed by atoms with van der Waals surface area (Å²) in [5.41, 5.74) is 3.08. The summed E-state index contributed by atoms with van der Waals surface area (Å²) in [5, 5.41) is 10.7. The molecule has 34 heavy (non-hydrogen) atoms. The lowest BCUT2D eigenvalue weighted by atomic mass is 9.89. The maximum Gasteiger partial charge on any atom is 0.256 e. The van der Waals surface area contributed by atoms with E-state index < -0.39 is 5.82 Å². The molecular weight excluding hydrogens is 433 g/mol. The maximum absolute atomic E-state index is 14.0. The number of nitrogens with zero attached hydrogens (tertiary/aromatic N) is 4. The van der Waals surface area contributed by atoms with E-state index in [1.54, 1.807) is 29.4 Å². The zero-order valence-corrected chi connectivity index (χ0v) is 18.7. The van der Waals surface area contributed by atoms with Gasteiger partial charge in [-0.25, -0.2) is 4.39 Å². The van der Waals surface area contributed by atoms with Crippen molar-refractivity contribution in [2.24, 2.45) is 5.92 Å². The predicted octanol–water partition coefficient (Wildman–Crippen LogP) is 3.71. The molecule has 3 aromatic rings. The monoisotopic (exact) mass is 459 g/mol. The first-order chi connectivity index (χ1) is 16.6. The highest BCUT2D eigenvalue weighted by Crippen LogP contribution is 2.30. The Bertz CT molecular complexity index is 1160. The molecule has 2 aliphatic heterocycles. The van der Waals surface area contributed by atoms with Gasteiger partial charge < -0.3 is 15.1 Å². The van der Waals surface area contributed by atoms with E-state index in [1.165, 1.54) is 17.7 Å². The van der Waals surface area contributed by atoms with Crippen LogP contribution in [0.2, 0.25) is 0 Å². The third kappa shape index (κ3) is 4.62. The van der Waals surface area contributed by atoms with Crippen LogP contribution in [0.1, 0.15) is 34.7 Å². The second kappa shape index (κ2) is 9.59. The predicted molar refractivity (Wildman–Crippen MR) is 127 cm³/mol. The van der Waals surface area contributed by atoms with E-state index in [9.17, 15) is 14.0 Å². The van der Waals surface area contributed by atoms with Gasteiger partial charge >= 0.3 is 0 Å². The van der Waals surface area contributed by atoms with Crippen LogP contribution in [0, 0.1) is 11.7 Å². The number of hydrogen-bond acceptors (Lipinski definition) is 5. The molecule has 3 heterocycles. The van der Waals surface area contributed by atoms with E-state index in [0.29, 0.717) is 32.1 Å². The molecule has 8 heteroatoms. The normalized spacial score (nSPS) is 16.7. The number of carbonyl (C=O) groups excluding carboxylic acids is 2. The van der Waals surface area contributed by atoms with Crippen molar-refractivity contribution in [1.29, 1.82) is 0 Å². The molecule has 174 valence electrons. The summed E-state index contributed by atoms with van der Waals surface area (Å²) in [6, 6.07) is 16.0. The molecule has 0 radical (unpaired) electrons. The Morgan fingerprint density at radius 1 is 0.941 bits per heavy atom. The van der Waals surface area contributed by atoms with Gasteiger partial charge in [0.25, 0.3) is 5.91 Å². The van der Waals surface area contributed by atoms with E-state index >= 15 is 0 Å². The molecule has 0 saturated carbocycles. The van der Waals surface area contributed by atoms with Crippen LogP contribution in [0.3, 0.4) is 0 Å². The van der Waals surface area contributed by atoms with Gasteiger partial charge in [-0.05, 0) is 54.7 Å². The quantitative estimate of drug-likeness (QED) is 0.629. The fourth-order valence-electron chi connectivity index (χ4n) is 4.63. The second-order valence-corrected chi connectivity index (χ2v) is 8.86. The van der Waals surface area contributed by atoms with Gasteiger partial charge in [0, 0.05) is 31.9 Å². The maximum atomic E-state index is 14.0. The first-order valence-corrected chi connectivity index (χ1v) is 11.5. The minimum absolute atomic E-state index is 0.0194. The summed E-state index contributed by atoms with van der Waals surface area (Å²) in [4.78, 5) is 29.0. The number of aromatic nitrogens is 2. The number of halogens is 1. The van der Waals surface area contributed by atoms with Gasteiger partial charge in [0.1, 0.15) is 5.82 Å². The third-order valence-electron chi connectivity index (χ3n) is 6.72. The van der Waals surface area contributed by atoms with Gasteiger partial charge in [-0.2, -0.15) is 10.2 Å². The Balaban J connectivity index is 1.11. The average molecular weight is 460 g/mol. The lowest BCUT2D eigenvalue weighted by molar-refractivity contribution is -0.120. The molecule has 2 aliphatic rings. The van der Waals surface area contributed by atoms with Crippen LogP contribution < -0.4 is 10.2 Å². The van der Waals surface area contributed by atoms with E-state index in [0.717, 1.165) is 24.2 Å². The molecule has 7 nitrogen and oxygen atoms in total. The zero-order valence-electron chi connectivity index (χ0n) is 18.7. The van der Waals surface area contributed by atoms with Crippen molar-refractivity contribution in [3.8, 4) is 0 Å². The first kappa shape index (κ1) is 22.0. The molecule has 2 aromatic carbocycles. The number of benzene rings is 2. The Kier molecular flexibility index (Phi) is 6.20. The summed E-state index contributed by atoms with van der Waals surface area (Å²) in [5.74, 6) is -0.417. The molecule has 2 saturated heterocycles. The fraction of sp³-hybridized carbons (Fsp3) is 0.308. The van der Waals surface area contributed by atoms with Gasteiger partial charge in [-0.1, -0.05) is 24.3 Å². The van der Waals surface area contributed by atoms with Crippen molar-refractivity contribution >= 4 is 23.2 Å². The first-order valence-electron chi connectivity index (χ1n) is 11.5. The smallest absolute Gasteiger partial charge is 0.256 e. The van der Waals surface area contributed by atoms with Gasteiger partial charge in [-0.15, -0.1) is 0 Å². The van der Waals surface area contributed by atoms with Gasteiger partial charge in [0.05, 0.1) is 29.6 Å². The van der Waals surface area contributed by atoms with Crippen LogP contribution in [-0.2, 0) is 4.79 Å². The fourth-order valence-corrected chi connectivity index (χ4v) is 4.63. The molecular formula is C26H26FN5O2. The van der Waals surface area contributed by atoms with Crippen molar-refractivity contribution in [2.75, 3.05) is 36.4 Å². The Labute approximate surface area is 197 Å². The molecule has 0 atom stereocenters. The minimum atomic E-state index is -0.476. The molecule has 0 aliphatic carbocycles. The summed E-state index contributed by atoms with van der Waals surface area (Å²) >= 11 is 0. The van der Waals surface area contributed by atoms with Crippen LogP contribution in [0.5, 0.6) is 0 Å². The highest BCUT2D eigenvalue weighted by atomic mass is 19.1.